The van der Waals surface area contributed by atoms with Gasteiger partial charge in [0.2, 0.25) is 11.2 Å². The van der Waals surface area contributed by atoms with Crippen LogP contribution in [0.5, 0.6) is 11.5 Å². The number of H-pyrrole nitrogens is 1. The molecule has 5 aromatic carbocycles. The van der Waals surface area contributed by atoms with Gasteiger partial charge in [-0.1, -0.05) is 91.0 Å². The summed E-state index contributed by atoms with van der Waals surface area (Å²) in [5.74, 6) is -0.854. The lowest BCUT2D eigenvalue weighted by Gasteiger charge is -2.33. The maximum Gasteiger partial charge on any atom is 0.347 e. The number of benzene rings is 5. The number of piperidine rings is 2. The minimum atomic E-state index is -2.12. The van der Waals surface area contributed by atoms with Crippen LogP contribution >= 0.6 is 0 Å². The van der Waals surface area contributed by atoms with E-state index in [-0.39, 0.29) is 65.9 Å². The lowest BCUT2D eigenvalue weighted by molar-refractivity contribution is -0.164. The molecular weight excluding hydrogens is 863 g/mol. The minimum Gasteiger partial charge on any atom is -0.506 e. The molecule has 1 aromatic heterocycles. The number of phenols is 1. The van der Waals surface area contributed by atoms with Crippen LogP contribution in [-0.2, 0) is 32.9 Å². The predicted octanol–water partition coefficient (Wildman–Crippen LogP) is 5.59. The SMILES string of the molecule is O=C(COc1cccc([C@](O)(C(=O)OCC2CCN(Cc3ccccc3)CC2)c2ccccc2)c1)N[C@H]1CCCN(C(=O)c2ccc(CCNC[C@H](O)c3ccc(O)c4[nH]c(=O)ccc34)cc2)C1. The topological polar surface area (TPSA) is 194 Å². The molecular formula is C54H59N5O9. The van der Waals surface area contributed by atoms with E-state index in [4.69, 9.17) is 9.47 Å². The Labute approximate surface area is 395 Å². The maximum absolute atomic E-state index is 13.9. The van der Waals surface area contributed by atoms with E-state index in [1.54, 1.807) is 77.7 Å². The van der Waals surface area contributed by atoms with Crippen molar-refractivity contribution in [2.75, 3.05) is 52.5 Å². The van der Waals surface area contributed by atoms with Crippen molar-refractivity contribution < 1.29 is 39.2 Å². The number of esters is 1. The van der Waals surface area contributed by atoms with Crippen LogP contribution in [-0.4, -0.2) is 106 Å². The fourth-order valence-electron chi connectivity index (χ4n) is 9.17. The first-order valence-corrected chi connectivity index (χ1v) is 23.4. The number of aliphatic hydroxyl groups is 2. The molecule has 2 aliphatic rings. The van der Waals surface area contributed by atoms with Crippen LogP contribution in [0.2, 0.25) is 0 Å². The molecule has 0 bridgehead atoms. The number of ether oxygens (including phenoxy) is 2. The van der Waals surface area contributed by atoms with Gasteiger partial charge in [-0.2, -0.15) is 0 Å². The van der Waals surface area contributed by atoms with Crippen molar-refractivity contribution in [1.29, 1.82) is 0 Å². The number of carbonyl (C=O) groups is 3. The third kappa shape index (κ3) is 11.8. The molecule has 0 radical (unpaired) electrons. The highest BCUT2D eigenvalue weighted by molar-refractivity contribution is 5.94. The monoisotopic (exact) mass is 921 g/mol. The number of likely N-dealkylation sites (tertiary alicyclic amines) is 2. The summed E-state index contributed by atoms with van der Waals surface area (Å²) in [4.78, 5) is 59.2. The number of pyridine rings is 1. The molecule has 2 saturated heterocycles. The second kappa shape index (κ2) is 22.3. The summed E-state index contributed by atoms with van der Waals surface area (Å²) in [7, 11) is 0. The van der Waals surface area contributed by atoms with E-state index in [1.165, 1.54) is 17.7 Å². The molecule has 3 atom stereocenters. The van der Waals surface area contributed by atoms with E-state index in [9.17, 15) is 34.5 Å². The van der Waals surface area contributed by atoms with Crippen LogP contribution in [0.3, 0.4) is 0 Å². The van der Waals surface area contributed by atoms with Crippen molar-refractivity contribution in [3.63, 3.8) is 0 Å². The summed E-state index contributed by atoms with van der Waals surface area (Å²) in [6.45, 7) is 4.30. The van der Waals surface area contributed by atoms with Gasteiger partial charge < -0.3 is 45.3 Å². The number of phenolic OH excluding ortho intramolecular Hbond substituents is 1. The molecule has 0 saturated carbocycles. The minimum absolute atomic E-state index is 0.0636. The van der Waals surface area contributed by atoms with E-state index in [2.05, 4.69) is 32.7 Å². The molecule has 2 fully saturated rings. The number of aliphatic hydroxyl groups excluding tert-OH is 1. The first kappa shape index (κ1) is 47.6. The van der Waals surface area contributed by atoms with Crippen molar-refractivity contribution in [1.82, 2.24) is 25.4 Å². The largest absolute Gasteiger partial charge is 0.506 e. The van der Waals surface area contributed by atoms with Gasteiger partial charge in [-0.3, -0.25) is 19.3 Å². The average Bonchev–Trinajstić information content (AvgIpc) is 3.37. The summed E-state index contributed by atoms with van der Waals surface area (Å²) in [5, 5.41) is 40.1. The van der Waals surface area contributed by atoms with E-state index in [1.807, 2.05) is 36.4 Å². The van der Waals surface area contributed by atoms with Gasteiger partial charge in [0.1, 0.15) is 11.5 Å². The summed E-state index contributed by atoms with van der Waals surface area (Å²) in [5.41, 5.74) is 1.85. The molecule has 354 valence electrons. The number of carbonyl (C=O) groups excluding carboxylic acids is 3. The summed E-state index contributed by atoms with van der Waals surface area (Å²) in [6.07, 6.45) is 2.97. The van der Waals surface area contributed by atoms with Crippen molar-refractivity contribution in [2.45, 2.75) is 56.4 Å². The van der Waals surface area contributed by atoms with Crippen LogP contribution in [0, 0.1) is 5.92 Å². The smallest absolute Gasteiger partial charge is 0.347 e. The first-order chi connectivity index (χ1) is 33.0. The summed E-state index contributed by atoms with van der Waals surface area (Å²) >= 11 is 0. The standard InChI is InChI=1S/C54H59N5O9/c60-47-22-20-45(46-21-23-49(62)57-51(46)47)48(61)32-55-27-24-37-16-18-40(19-17-37)52(64)59-28-8-14-43(34-59)56-50(63)36-67-44-15-7-13-42(31-44)54(66,41-11-5-2-6-12-41)53(65)68-35-39-25-29-58(30-26-39)33-38-9-3-1-4-10-38/h1-7,9-13,15-23,31,39,43,48,55,60-61,66H,8,14,24-30,32-36H2,(H,56,63)(H,57,62)/t43-,48-,54-/m0/s1. The number of hydrogen-bond acceptors (Lipinski definition) is 11. The van der Waals surface area contributed by atoms with Crippen LogP contribution in [0.25, 0.3) is 10.9 Å². The first-order valence-electron chi connectivity index (χ1n) is 23.4. The Balaban J connectivity index is 0.792. The number of aromatic hydroxyl groups is 1. The Hall–Kier alpha value is -6.84. The third-order valence-corrected chi connectivity index (χ3v) is 13.0. The van der Waals surface area contributed by atoms with Crippen LogP contribution in [0.15, 0.2) is 138 Å². The molecule has 8 rings (SSSR count). The van der Waals surface area contributed by atoms with Gasteiger partial charge in [0.25, 0.3) is 11.8 Å². The second-order valence-electron chi connectivity index (χ2n) is 17.8. The van der Waals surface area contributed by atoms with E-state index in [0.717, 1.165) is 38.0 Å². The van der Waals surface area contributed by atoms with Gasteiger partial charge in [0, 0.05) is 54.8 Å². The van der Waals surface area contributed by atoms with Gasteiger partial charge in [-0.25, -0.2) is 4.79 Å². The highest BCUT2D eigenvalue weighted by atomic mass is 16.5. The van der Waals surface area contributed by atoms with Gasteiger partial charge in [-0.15, -0.1) is 0 Å². The van der Waals surface area contributed by atoms with Crippen molar-refractivity contribution in [3.05, 3.63) is 177 Å². The van der Waals surface area contributed by atoms with Gasteiger partial charge >= 0.3 is 5.97 Å². The zero-order valence-electron chi connectivity index (χ0n) is 38.0. The molecule has 0 spiro atoms. The Bertz CT molecular complexity index is 2710. The normalized spacial score (nSPS) is 17.0. The number of hydrogen-bond donors (Lipinski definition) is 6. The van der Waals surface area contributed by atoms with Crippen LogP contribution < -0.4 is 20.9 Å². The van der Waals surface area contributed by atoms with Crippen LogP contribution in [0.1, 0.15) is 70.0 Å². The second-order valence-corrected chi connectivity index (χ2v) is 17.8. The Morgan fingerprint density at radius 3 is 2.31 bits per heavy atom. The van der Waals surface area contributed by atoms with Gasteiger partial charge in [-0.05, 0) is 116 Å². The number of fused-ring (bicyclic) bond motifs is 1. The zero-order chi connectivity index (χ0) is 47.5. The lowest BCUT2D eigenvalue weighted by Crippen LogP contribution is -2.50. The molecule has 14 nitrogen and oxygen atoms in total. The fraction of sp³-hybridized carbons (Fsp3) is 0.333. The fourth-order valence-corrected chi connectivity index (χ4v) is 9.17. The Morgan fingerprint density at radius 2 is 1.54 bits per heavy atom. The molecule has 6 N–H and O–H groups in total. The summed E-state index contributed by atoms with van der Waals surface area (Å²) in [6, 6.07) is 38.8. The molecule has 14 heteroatoms. The van der Waals surface area contributed by atoms with Crippen molar-refractivity contribution in [3.8, 4) is 11.5 Å². The molecule has 2 aliphatic heterocycles. The average molecular weight is 922 g/mol. The maximum atomic E-state index is 13.9. The number of aromatic amines is 1. The number of amides is 2. The number of nitrogens with zero attached hydrogens (tertiary/aromatic N) is 2. The predicted molar refractivity (Wildman–Crippen MR) is 258 cm³/mol. The number of nitrogens with one attached hydrogen (secondary N) is 3. The third-order valence-electron chi connectivity index (χ3n) is 13.0. The Kier molecular flexibility index (Phi) is 15.6. The van der Waals surface area contributed by atoms with Gasteiger partial charge in [0.15, 0.2) is 6.61 Å². The van der Waals surface area contributed by atoms with Crippen molar-refractivity contribution >= 4 is 28.7 Å². The van der Waals surface area contributed by atoms with Gasteiger partial charge in [0.05, 0.1) is 18.2 Å². The summed E-state index contributed by atoms with van der Waals surface area (Å²) < 4.78 is 11.8. The van der Waals surface area contributed by atoms with Crippen molar-refractivity contribution in [2.24, 2.45) is 5.92 Å². The van der Waals surface area contributed by atoms with E-state index < -0.39 is 17.7 Å². The molecule has 0 aliphatic carbocycles. The molecule has 0 unspecified atom stereocenters. The highest BCUT2D eigenvalue weighted by Crippen LogP contribution is 2.34. The van der Waals surface area contributed by atoms with E-state index in [0.29, 0.717) is 66.7 Å². The molecule has 6 aromatic rings. The number of aromatic nitrogens is 1. The van der Waals surface area contributed by atoms with Crippen LogP contribution in [0.4, 0.5) is 0 Å². The molecule has 2 amide bonds. The lowest BCUT2D eigenvalue weighted by atomic mass is 9.86. The number of rotatable bonds is 18. The zero-order valence-corrected chi connectivity index (χ0v) is 38.0. The van der Waals surface area contributed by atoms with E-state index >= 15 is 0 Å². The molecule has 3 heterocycles. The molecule has 68 heavy (non-hydrogen) atoms. The highest BCUT2D eigenvalue weighted by Gasteiger charge is 2.42. The quantitative estimate of drug-likeness (QED) is 0.0465. The Morgan fingerprint density at radius 1 is 0.809 bits per heavy atom.